The van der Waals surface area contributed by atoms with Crippen molar-refractivity contribution in [1.82, 2.24) is 4.90 Å². The van der Waals surface area contributed by atoms with Crippen LogP contribution in [-0.4, -0.2) is 23.3 Å². The van der Waals surface area contributed by atoms with Gasteiger partial charge in [-0.1, -0.05) is 61.9 Å². The minimum Gasteiger partial charge on any atom is -0.338 e. The Balaban J connectivity index is 1.70. The fraction of sp³-hybridized carbons (Fsp3) is 0.391. The van der Waals surface area contributed by atoms with Crippen LogP contribution in [0.15, 0.2) is 42.5 Å². The molecule has 1 unspecified atom stereocenters. The van der Waals surface area contributed by atoms with E-state index in [1.807, 2.05) is 44.2 Å². The van der Waals surface area contributed by atoms with Gasteiger partial charge in [0.25, 0.3) is 0 Å². The van der Waals surface area contributed by atoms with E-state index in [0.29, 0.717) is 19.0 Å². The predicted octanol–water partition coefficient (Wildman–Crippen LogP) is 4.41. The fourth-order valence-corrected chi connectivity index (χ4v) is 3.70. The average molecular weight is 364 g/mol. The highest BCUT2D eigenvalue weighted by Crippen LogP contribution is 2.29. The van der Waals surface area contributed by atoms with E-state index in [1.54, 1.807) is 4.90 Å². The van der Waals surface area contributed by atoms with Crippen LogP contribution >= 0.6 is 0 Å². The quantitative estimate of drug-likeness (QED) is 0.854. The molecule has 0 aromatic heterocycles. The molecule has 1 aliphatic heterocycles. The zero-order valence-corrected chi connectivity index (χ0v) is 16.6. The van der Waals surface area contributed by atoms with Gasteiger partial charge in [0, 0.05) is 25.2 Å². The fourth-order valence-electron chi connectivity index (χ4n) is 3.70. The van der Waals surface area contributed by atoms with Crippen LogP contribution in [0.2, 0.25) is 0 Å². The Morgan fingerprint density at radius 3 is 2.63 bits per heavy atom. The third-order valence-corrected chi connectivity index (χ3v) is 5.22. The van der Waals surface area contributed by atoms with Crippen LogP contribution in [0, 0.1) is 19.8 Å². The van der Waals surface area contributed by atoms with Crippen molar-refractivity contribution in [2.75, 3.05) is 11.9 Å². The number of rotatable bonds is 5. The molecule has 0 bridgehead atoms. The number of hydrogen-bond acceptors (Lipinski definition) is 2. The standard InChI is InChI=1S/C23H28N2O2/c1-15(2)20-10-6-8-17(4)22(20)24-23(27)19-12-21(26)25(14-19)13-18-9-5-7-16(3)11-18/h5-11,15,19H,12-14H2,1-4H3,(H,24,27). The second-order valence-corrected chi connectivity index (χ2v) is 7.85. The summed E-state index contributed by atoms with van der Waals surface area (Å²) in [5.41, 5.74) is 5.35. The number of carbonyl (C=O) groups is 2. The highest BCUT2D eigenvalue weighted by molar-refractivity contribution is 5.98. The van der Waals surface area contributed by atoms with Gasteiger partial charge in [0.2, 0.25) is 11.8 Å². The van der Waals surface area contributed by atoms with Gasteiger partial charge in [-0.3, -0.25) is 9.59 Å². The Labute approximate surface area is 161 Å². The topological polar surface area (TPSA) is 49.4 Å². The number of amides is 2. The molecule has 3 rings (SSSR count). The van der Waals surface area contributed by atoms with E-state index in [1.165, 1.54) is 5.56 Å². The molecule has 4 nitrogen and oxygen atoms in total. The summed E-state index contributed by atoms with van der Waals surface area (Å²) in [5, 5.41) is 3.10. The number of carbonyl (C=O) groups excluding carboxylic acids is 2. The van der Waals surface area contributed by atoms with Crippen molar-refractivity contribution in [2.24, 2.45) is 5.92 Å². The Hall–Kier alpha value is -2.62. The summed E-state index contributed by atoms with van der Waals surface area (Å²) in [7, 11) is 0. The summed E-state index contributed by atoms with van der Waals surface area (Å²) in [5.74, 6) is 0.00183. The van der Waals surface area contributed by atoms with Crippen molar-refractivity contribution in [1.29, 1.82) is 0 Å². The number of benzene rings is 2. The second-order valence-electron chi connectivity index (χ2n) is 7.85. The van der Waals surface area contributed by atoms with Crippen molar-refractivity contribution in [3.05, 3.63) is 64.7 Å². The maximum atomic E-state index is 12.8. The minimum atomic E-state index is -0.304. The van der Waals surface area contributed by atoms with E-state index in [-0.39, 0.29) is 24.2 Å². The third-order valence-electron chi connectivity index (χ3n) is 5.22. The lowest BCUT2D eigenvalue weighted by Gasteiger charge is -2.19. The Morgan fingerprint density at radius 1 is 1.19 bits per heavy atom. The van der Waals surface area contributed by atoms with E-state index in [2.05, 4.69) is 31.3 Å². The lowest BCUT2D eigenvalue weighted by molar-refractivity contribution is -0.128. The lowest BCUT2D eigenvalue weighted by atomic mass is 9.97. The number of nitrogens with zero attached hydrogens (tertiary/aromatic N) is 1. The highest BCUT2D eigenvalue weighted by atomic mass is 16.2. The minimum absolute atomic E-state index is 0.0468. The summed E-state index contributed by atoms with van der Waals surface area (Å²) in [6.45, 7) is 9.32. The van der Waals surface area contributed by atoms with Crippen molar-refractivity contribution >= 4 is 17.5 Å². The molecule has 1 N–H and O–H groups in total. The predicted molar refractivity (Wildman–Crippen MR) is 109 cm³/mol. The van der Waals surface area contributed by atoms with Crippen LogP contribution in [0.25, 0.3) is 0 Å². The first-order valence-corrected chi connectivity index (χ1v) is 9.59. The number of hydrogen-bond donors (Lipinski definition) is 1. The van der Waals surface area contributed by atoms with E-state index in [9.17, 15) is 9.59 Å². The zero-order valence-electron chi connectivity index (χ0n) is 16.6. The molecule has 0 radical (unpaired) electrons. The monoisotopic (exact) mass is 364 g/mol. The van der Waals surface area contributed by atoms with Gasteiger partial charge in [0.1, 0.15) is 0 Å². The normalized spacial score (nSPS) is 16.9. The molecule has 27 heavy (non-hydrogen) atoms. The smallest absolute Gasteiger partial charge is 0.229 e. The number of para-hydroxylation sites is 1. The number of anilines is 1. The average Bonchev–Trinajstić information content (AvgIpc) is 2.97. The molecule has 2 aromatic carbocycles. The summed E-state index contributed by atoms with van der Waals surface area (Å²) < 4.78 is 0. The van der Waals surface area contributed by atoms with Crippen LogP contribution < -0.4 is 5.32 Å². The third kappa shape index (κ3) is 4.38. The van der Waals surface area contributed by atoms with Crippen molar-refractivity contribution in [3.63, 3.8) is 0 Å². The van der Waals surface area contributed by atoms with Gasteiger partial charge < -0.3 is 10.2 Å². The molecule has 0 aliphatic carbocycles. The summed E-state index contributed by atoms with van der Waals surface area (Å²) in [6, 6.07) is 14.2. The number of nitrogens with one attached hydrogen (secondary N) is 1. The molecule has 2 aromatic rings. The van der Waals surface area contributed by atoms with Gasteiger partial charge in [0.15, 0.2) is 0 Å². The highest BCUT2D eigenvalue weighted by Gasteiger charge is 2.34. The number of likely N-dealkylation sites (tertiary alicyclic amines) is 1. The summed E-state index contributed by atoms with van der Waals surface area (Å²) >= 11 is 0. The molecule has 0 saturated carbocycles. The van der Waals surface area contributed by atoms with Gasteiger partial charge in [0.05, 0.1) is 5.92 Å². The molecule has 2 amide bonds. The first kappa shape index (κ1) is 19.2. The summed E-state index contributed by atoms with van der Waals surface area (Å²) in [6.07, 6.45) is 0.278. The SMILES string of the molecule is Cc1cccc(CN2CC(C(=O)Nc3c(C)cccc3C(C)C)CC2=O)c1. The molecule has 4 heteroatoms. The van der Waals surface area contributed by atoms with E-state index >= 15 is 0 Å². The van der Waals surface area contributed by atoms with Gasteiger partial charge in [-0.05, 0) is 36.5 Å². The largest absolute Gasteiger partial charge is 0.338 e. The molecular formula is C23H28N2O2. The van der Waals surface area contributed by atoms with Crippen LogP contribution in [-0.2, 0) is 16.1 Å². The number of aryl methyl sites for hydroxylation is 2. The van der Waals surface area contributed by atoms with E-state index in [4.69, 9.17) is 0 Å². The van der Waals surface area contributed by atoms with Gasteiger partial charge in [-0.25, -0.2) is 0 Å². The van der Waals surface area contributed by atoms with Crippen molar-refractivity contribution in [2.45, 2.75) is 46.6 Å². The molecule has 1 saturated heterocycles. The Morgan fingerprint density at radius 2 is 1.93 bits per heavy atom. The molecule has 1 aliphatic rings. The van der Waals surface area contributed by atoms with Gasteiger partial charge >= 0.3 is 0 Å². The Bertz CT molecular complexity index is 857. The van der Waals surface area contributed by atoms with E-state index in [0.717, 1.165) is 22.4 Å². The molecule has 1 heterocycles. The van der Waals surface area contributed by atoms with Crippen molar-refractivity contribution < 1.29 is 9.59 Å². The van der Waals surface area contributed by atoms with Gasteiger partial charge in [-0.2, -0.15) is 0 Å². The maximum absolute atomic E-state index is 12.8. The first-order chi connectivity index (χ1) is 12.8. The molecule has 0 spiro atoms. The van der Waals surface area contributed by atoms with E-state index < -0.39 is 0 Å². The van der Waals surface area contributed by atoms with Crippen LogP contribution in [0.4, 0.5) is 5.69 Å². The molecule has 1 atom stereocenters. The summed E-state index contributed by atoms with van der Waals surface area (Å²) in [4.78, 5) is 27.1. The first-order valence-electron chi connectivity index (χ1n) is 9.59. The van der Waals surface area contributed by atoms with Gasteiger partial charge in [-0.15, -0.1) is 0 Å². The van der Waals surface area contributed by atoms with Crippen LogP contribution in [0.5, 0.6) is 0 Å². The van der Waals surface area contributed by atoms with Crippen LogP contribution in [0.3, 0.4) is 0 Å². The van der Waals surface area contributed by atoms with Crippen LogP contribution in [0.1, 0.15) is 48.4 Å². The lowest BCUT2D eigenvalue weighted by Crippen LogP contribution is -2.28. The molecular weight excluding hydrogens is 336 g/mol. The zero-order chi connectivity index (χ0) is 19.6. The molecule has 142 valence electrons. The van der Waals surface area contributed by atoms with Crippen molar-refractivity contribution in [3.8, 4) is 0 Å². The maximum Gasteiger partial charge on any atom is 0.229 e. The Kier molecular flexibility index (Phi) is 5.64. The second kappa shape index (κ2) is 7.95. The molecule has 1 fully saturated rings.